The van der Waals surface area contributed by atoms with Crippen molar-refractivity contribution >= 4 is 23.9 Å². The van der Waals surface area contributed by atoms with Crippen LogP contribution >= 0.6 is 0 Å². The van der Waals surface area contributed by atoms with Crippen LogP contribution in [0.2, 0.25) is 0 Å². The number of methoxy groups -OCH3 is 1. The number of carbonyl (C=O) groups is 3. The molecule has 0 unspecified atom stereocenters. The highest BCUT2D eigenvalue weighted by Crippen LogP contribution is 2.37. The van der Waals surface area contributed by atoms with Crippen LogP contribution in [-0.4, -0.2) is 36.4 Å². The number of esters is 1. The van der Waals surface area contributed by atoms with E-state index >= 15 is 0 Å². The molecule has 2 heterocycles. The molecular formula is C29H28N2O6. The fraction of sp³-hybridized carbons (Fsp3) is 0.207. The fourth-order valence-corrected chi connectivity index (χ4v) is 4.17. The van der Waals surface area contributed by atoms with E-state index in [2.05, 4.69) is 5.32 Å². The molecule has 2 aromatic carbocycles. The van der Waals surface area contributed by atoms with Crippen LogP contribution < -0.4 is 10.1 Å². The summed E-state index contributed by atoms with van der Waals surface area (Å²) >= 11 is 0. The van der Waals surface area contributed by atoms with E-state index in [1.165, 1.54) is 7.11 Å². The van der Waals surface area contributed by atoms with Gasteiger partial charge < -0.3 is 24.1 Å². The number of hydrogen-bond acceptors (Lipinski definition) is 6. The molecule has 0 saturated heterocycles. The predicted octanol–water partition coefficient (Wildman–Crippen LogP) is 4.41. The topological polar surface area (TPSA) is 98.1 Å². The SMILES string of the molecule is COC(=O)C1=C(C)N([C@H](C)c2ccccc2)C(=O)/C1=C\c1ccc(OCC(=O)NCc2ccco2)cc1. The van der Waals surface area contributed by atoms with Crippen LogP contribution in [0.4, 0.5) is 0 Å². The molecule has 190 valence electrons. The van der Waals surface area contributed by atoms with Crippen molar-refractivity contribution < 1.29 is 28.3 Å². The minimum absolute atomic E-state index is 0.152. The van der Waals surface area contributed by atoms with Gasteiger partial charge in [0.2, 0.25) is 0 Å². The second-order valence-electron chi connectivity index (χ2n) is 8.49. The largest absolute Gasteiger partial charge is 0.484 e. The van der Waals surface area contributed by atoms with Gasteiger partial charge in [-0.1, -0.05) is 42.5 Å². The van der Waals surface area contributed by atoms with Gasteiger partial charge in [0, 0.05) is 5.70 Å². The minimum Gasteiger partial charge on any atom is -0.484 e. The highest BCUT2D eigenvalue weighted by molar-refractivity contribution is 6.16. The number of allylic oxidation sites excluding steroid dienone is 1. The highest BCUT2D eigenvalue weighted by atomic mass is 16.5. The lowest BCUT2D eigenvalue weighted by atomic mass is 10.0. The maximum atomic E-state index is 13.5. The van der Waals surface area contributed by atoms with E-state index in [0.29, 0.717) is 22.8 Å². The molecule has 0 spiro atoms. The number of benzene rings is 2. The van der Waals surface area contributed by atoms with Crippen molar-refractivity contribution in [3.63, 3.8) is 0 Å². The van der Waals surface area contributed by atoms with Crippen molar-refractivity contribution in [2.24, 2.45) is 0 Å². The number of nitrogens with one attached hydrogen (secondary N) is 1. The molecule has 8 nitrogen and oxygen atoms in total. The van der Waals surface area contributed by atoms with Crippen LogP contribution in [0.25, 0.3) is 6.08 Å². The number of rotatable bonds is 9. The second-order valence-corrected chi connectivity index (χ2v) is 8.49. The van der Waals surface area contributed by atoms with Crippen molar-refractivity contribution in [1.82, 2.24) is 10.2 Å². The van der Waals surface area contributed by atoms with Gasteiger partial charge in [0.1, 0.15) is 11.5 Å². The van der Waals surface area contributed by atoms with Gasteiger partial charge in [-0.3, -0.25) is 9.59 Å². The first kappa shape index (κ1) is 25.5. The molecule has 3 aromatic rings. The molecule has 37 heavy (non-hydrogen) atoms. The minimum atomic E-state index is -0.569. The van der Waals surface area contributed by atoms with E-state index in [-0.39, 0.29) is 42.2 Å². The Balaban J connectivity index is 1.48. The van der Waals surface area contributed by atoms with Gasteiger partial charge in [0.05, 0.1) is 37.1 Å². The molecule has 0 fully saturated rings. The van der Waals surface area contributed by atoms with Gasteiger partial charge in [-0.05, 0) is 55.3 Å². The summed E-state index contributed by atoms with van der Waals surface area (Å²) in [6.07, 6.45) is 3.20. The van der Waals surface area contributed by atoms with Gasteiger partial charge >= 0.3 is 5.97 Å². The molecule has 1 atom stereocenters. The third-order valence-electron chi connectivity index (χ3n) is 6.10. The normalized spacial score (nSPS) is 15.2. The maximum absolute atomic E-state index is 13.5. The third-order valence-corrected chi connectivity index (χ3v) is 6.10. The van der Waals surface area contributed by atoms with Crippen LogP contribution in [0.1, 0.15) is 36.8 Å². The summed E-state index contributed by atoms with van der Waals surface area (Å²) in [5.74, 6) is 0.0186. The van der Waals surface area contributed by atoms with Gasteiger partial charge in [0.25, 0.3) is 11.8 Å². The summed E-state index contributed by atoms with van der Waals surface area (Å²) in [6.45, 7) is 3.80. The van der Waals surface area contributed by atoms with Crippen molar-refractivity contribution in [3.05, 3.63) is 107 Å². The van der Waals surface area contributed by atoms with Crippen LogP contribution in [-0.2, 0) is 25.7 Å². The molecule has 0 saturated carbocycles. The monoisotopic (exact) mass is 500 g/mol. The second kappa shape index (κ2) is 11.4. The standard InChI is InChI=1S/C29H28N2O6/c1-19(22-8-5-4-6-9-22)31-20(2)27(29(34)35-3)25(28(31)33)16-21-11-13-23(14-12-21)37-18-26(32)30-17-24-10-7-15-36-24/h4-16,19H,17-18H2,1-3H3,(H,30,32)/b25-16-/t19-/m1/s1. The number of nitrogens with zero attached hydrogens (tertiary/aromatic N) is 1. The number of carbonyl (C=O) groups excluding carboxylic acids is 3. The Morgan fingerprint density at radius 3 is 2.43 bits per heavy atom. The van der Waals surface area contributed by atoms with Crippen molar-refractivity contribution in [2.45, 2.75) is 26.4 Å². The molecule has 8 heteroatoms. The zero-order valence-electron chi connectivity index (χ0n) is 20.9. The third kappa shape index (κ3) is 5.81. The Labute approximate surface area is 215 Å². The van der Waals surface area contributed by atoms with Gasteiger partial charge in [-0.25, -0.2) is 4.79 Å². The smallest absolute Gasteiger partial charge is 0.340 e. The predicted molar refractivity (Wildman–Crippen MR) is 137 cm³/mol. The van der Waals surface area contributed by atoms with E-state index in [1.54, 1.807) is 60.6 Å². The summed E-state index contributed by atoms with van der Waals surface area (Å²) < 4.78 is 15.7. The number of ether oxygens (including phenoxy) is 2. The first-order chi connectivity index (χ1) is 17.9. The van der Waals surface area contributed by atoms with Crippen molar-refractivity contribution in [3.8, 4) is 5.75 Å². The lowest BCUT2D eigenvalue weighted by Crippen LogP contribution is -2.28. The van der Waals surface area contributed by atoms with Crippen LogP contribution in [0.3, 0.4) is 0 Å². The maximum Gasteiger partial charge on any atom is 0.340 e. The van der Waals surface area contributed by atoms with E-state index in [4.69, 9.17) is 13.9 Å². The molecule has 1 aliphatic heterocycles. The van der Waals surface area contributed by atoms with Crippen LogP contribution in [0.15, 0.2) is 94.3 Å². The van der Waals surface area contributed by atoms with Gasteiger partial charge in [-0.2, -0.15) is 0 Å². The molecule has 0 aliphatic carbocycles. The average Bonchev–Trinajstić information content (AvgIpc) is 3.53. The lowest BCUT2D eigenvalue weighted by Gasteiger charge is -2.26. The molecule has 0 bridgehead atoms. The number of hydrogen-bond donors (Lipinski definition) is 1. The summed E-state index contributed by atoms with van der Waals surface area (Å²) in [7, 11) is 1.30. The summed E-state index contributed by atoms with van der Waals surface area (Å²) in [6, 6.07) is 19.8. The van der Waals surface area contributed by atoms with E-state index in [0.717, 1.165) is 5.56 Å². The van der Waals surface area contributed by atoms with E-state index in [9.17, 15) is 14.4 Å². The zero-order valence-corrected chi connectivity index (χ0v) is 20.9. The van der Waals surface area contributed by atoms with Gasteiger partial charge in [-0.15, -0.1) is 0 Å². The molecule has 1 N–H and O–H groups in total. The number of amides is 2. The molecule has 4 rings (SSSR count). The zero-order chi connectivity index (χ0) is 26.4. The van der Waals surface area contributed by atoms with Crippen LogP contribution in [0.5, 0.6) is 5.75 Å². The molecule has 2 amide bonds. The molecular weight excluding hydrogens is 472 g/mol. The quantitative estimate of drug-likeness (QED) is 0.345. The Morgan fingerprint density at radius 2 is 1.78 bits per heavy atom. The van der Waals surface area contributed by atoms with Crippen LogP contribution in [0, 0.1) is 0 Å². The highest BCUT2D eigenvalue weighted by Gasteiger charge is 2.39. The first-order valence-corrected chi connectivity index (χ1v) is 11.8. The number of furan rings is 1. The van der Waals surface area contributed by atoms with Gasteiger partial charge in [0.15, 0.2) is 6.61 Å². The Morgan fingerprint density at radius 1 is 1.05 bits per heavy atom. The summed E-state index contributed by atoms with van der Waals surface area (Å²) in [5.41, 5.74) is 2.69. The van der Waals surface area contributed by atoms with Crippen molar-refractivity contribution in [1.29, 1.82) is 0 Å². The molecule has 1 aromatic heterocycles. The van der Waals surface area contributed by atoms with E-state index in [1.807, 2.05) is 37.3 Å². The summed E-state index contributed by atoms with van der Waals surface area (Å²) in [5, 5.41) is 2.71. The first-order valence-electron chi connectivity index (χ1n) is 11.8. The summed E-state index contributed by atoms with van der Waals surface area (Å²) in [4.78, 5) is 39.8. The fourth-order valence-electron chi connectivity index (χ4n) is 4.17. The molecule has 1 aliphatic rings. The average molecular weight is 501 g/mol. The van der Waals surface area contributed by atoms with Crippen molar-refractivity contribution in [2.75, 3.05) is 13.7 Å². The Hall–Kier alpha value is -4.59. The Kier molecular flexibility index (Phi) is 7.88. The Bertz CT molecular complexity index is 1320. The molecule has 0 radical (unpaired) electrons. The lowest BCUT2D eigenvalue weighted by molar-refractivity contribution is -0.136. The van der Waals surface area contributed by atoms with E-state index < -0.39 is 5.97 Å².